The summed E-state index contributed by atoms with van der Waals surface area (Å²) in [6.07, 6.45) is 0.810. The molecule has 0 aliphatic carbocycles. The van der Waals surface area contributed by atoms with E-state index in [-0.39, 0.29) is 29.9 Å². The molecule has 0 spiro atoms. The van der Waals surface area contributed by atoms with E-state index in [1.807, 2.05) is 0 Å². The maximum Gasteiger partial charge on any atom is 0.328 e. The van der Waals surface area contributed by atoms with Crippen LogP contribution in [-0.4, -0.2) is 88.8 Å². The topological polar surface area (TPSA) is 98.3 Å². The average molecular weight is 523 g/mol. The van der Waals surface area contributed by atoms with Gasteiger partial charge in [-0.1, -0.05) is 12.1 Å². The van der Waals surface area contributed by atoms with Gasteiger partial charge >= 0.3 is 6.03 Å². The quantitative estimate of drug-likeness (QED) is 0.482. The number of carbonyl (C=O) groups excluding carboxylic acids is 2. The Balaban J connectivity index is 1.42. The number of halogens is 1. The summed E-state index contributed by atoms with van der Waals surface area (Å²) in [5, 5.41) is 10.6. The second kappa shape index (κ2) is 9.28. The van der Waals surface area contributed by atoms with E-state index in [0.29, 0.717) is 53.9 Å². The minimum atomic E-state index is -1.22. The molecule has 2 atom stereocenters. The molecule has 3 amide bonds. The summed E-state index contributed by atoms with van der Waals surface area (Å²) in [5.41, 5.74) is 1.24. The first-order valence-corrected chi connectivity index (χ1v) is 12.9. The number of aromatic hydroxyl groups is 1. The molecule has 10 heteroatoms. The number of phenols is 1. The van der Waals surface area contributed by atoms with Crippen LogP contribution in [0.1, 0.15) is 36.2 Å². The van der Waals surface area contributed by atoms with Crippen molar-refractivity contribution in [2.24, 2.45) is 0 Å². The molecule has 0 bridgehead atoms. The molecule has 2 N–H and O–H groups in total. The first-order chi connectivity index (χ1) is 18.3. The number of carbonyl (C=O) groups is 2. The van der Waals surface area contributed by atoms with Crippen LogP contribution in [0, 0.1) is 5.82 Å². The fraction of sp³-hybridized carbons (Fsp3) is 0.429. The predicted molar refractivity (Wildman–Crippen MR) is 138 cm³/mol. The lowest BCUT2D eigenvalue weighted by molar-refractivity contribution is -0.133. The number of ether oxygens (including phenoxy) is 2. The van der Waals surface area contributed by atoms with E-state index < -0.39 is 17.4 Å². The number of imide groups is 1. The van der Waals surface area contributed by atoms with Gasteiger partial charge in [-0.25, -0.2) is 9.18 Å². The highest BCUT2D eigenvalue weighted by Crippen LogP contribution is 2.49. The van der Waals surface area contributed by atoms with Gasteiger partial charge in [0, 0.05) is 49.2 Å². The molecule has 0 unspecified atom stereocenters. The van der Waals surface area contributed by atoms with Crippen LogP contribution < -0.4 is 4.74 Å². The highest BCUT2D eigenvalue weighted by atomic mass is 19.1. The molecule has 1 aromatic heterocycles. The number of aromatic amines is 1. The van der Waals surface area contributed by atoms with Gasteiger partial charge in [0.05, 0.1) is 20.3 Å². The third kappa shape index (κ3) is 3.73. The van der Waals surface area contributed by atoms with Gasteiger partial charge in [-0.2, -0.15) is 0 Å². The highest BCUT2D eigenvalue weighted by Gasteiger charge is 2.60. The molecule has 3 aliphatic heterocycles. The maximum atomic E-state index is 15.6. The number of fused-ring (bicyclic) bond motifs is 4. The normalized spacial score (nSPS) is 23.7. The number of rotatable bonds is 6. The van der Waals surface area contributed by atoms with Crippen LogP contribution in [0.15, 0.2) is 36.4 Å². The number of H-pyrrole nitrogens is 1. The zero-order valence-electron chi connectivity index (χ0n) is 21.5. The first kappa shape index (κ1) is 24.7. The molecular weight excluding hydrogens is 491 g/mol. The summed E-state index contributed by atoms with van der Waals surface area (Å²) in [7, 11) is 1.41. The molecule has 3 aliphatic rings. The van der Waals surface area contributed by atoms with Crippen molar-refractivity contribution in [2.45, 2.75) is 31.3 Å². The summed E-state index contributed by atoms with van der Waals surface area (Å²) >= 11 is 0. The second-order valence-corrected chi connectivity index (χ2v) is 10.4. The molecule has 38 heavy (non-hydrogen) atoms. The Labute approximate surface area is 219 Å². The van der Waals surface area contributed by atoms with Gasteiger partial charge in [-0.05, 0) is 48.7 Å². The number of benzene rings is 2. The van der Waals surface area contributed by atoms with Gasteiger partial charge in [0.1, 0.15) is 17.3 Å². The van der Waals surface area contributed by atoms with Gasteiger partial charge < -0.3 is 19.6 Å². The zero-order valence-corrected chi connectivity index (χ0v) is 21.5. The Morgan fingerprint density at radius 2 is 1.97 bits per heavy atom. The van der Waals surface area contributed by atoms with Gasteiger partial charge in [0.25, 0.3) is 5.91 Å². The molecule has 6 rings (SSSR count). The fourth-order valence-corrected chi connectivity index (χ4v) is 6.22. The highest BCUT2D eigenvalue weighted by molar-refractivity contribution is 6.08. The van der Waals surface area contributed by atoms with Gasteiger partial charge in [-0.3, -0.25) is 19.5 Å². The Kier molecular flexibility index (Phi) is 6.03. The first-order valence-electron chi connectivity index (χ1n) is 12.9. The molecule has 0 saturated carbocycles. The summed E-state index contributed by atoms with van der Waals surface area (Å²) in [5.74, 6) is -0.647. The third-order valence-electron chi connectivity index (χ3n) is 8.10. The van der Waals surface area contributed by atoms with Crippen LogP contribution in [0.25, 0.3) is 10.9 Å². The van der Waals surface area contributed by atoms with E-state index in [2.05, 4.69) is 9.88 Å². The van der Waals surface area contributed by atoms with E-state index in [1.54, 1.807) is 48.2 Å². The molecule has 4 heterocycles. The van der Waals surface area contributed by atoms with Crippen LogP contribution in [0.5, 0.6) is 11.5 Å². The van der Waals surface area contributed by atoms with Crippen LogP contribution in [0.3, 0.4) is 0 Å². The largest absolute Gasteiger partial charge is 0.508 e. The van der Waals surface area contributed by atoms with Crippen molar-refractivity contribution in [3.05, 3.63) is 59.0 Å². The smallest absolute Gasteiger partial charge is 0.328 e. The van der Waals surface area contributed by atoms with Gasteiger partial charge in [0.15, 0.2) is 11.6 Å². The van der Waals surface area contributed by atoms with E-state index in [0.717, 1.165) is 19.6 Å². The minimum absolute atomic E-state index is 0.0422. The van der Waals surface area contributed by atoms with Crippen molar-refractivity contribution < 1.29 is 28.6 Å². The van der Waals surface area contributed by atoms with Crippen molar-refractivity contribution in [3.8, 4) is 11.5 Å². The van der Waals surface area contributed by atoms with Crippen LogP contribution >= 0.6 is 0 Å². The number of nitrogens with zero attached hydrogens (tertiary/aromatic N) is 3. The lowest BCUT2D eigenvalue weighted by Crippen LogP contribution is -2.53. The number of hydrogen-bond acceptors (Lipinski definition) is 6. The number of urea groups is 1. The standard InChI is InChI=1S/C28H31FN4O5/c1-28-16-19-22-20(7-8-21(37-2)23(22)29)30-24(19)25(17-5-3-6-18(34)15-17)33(28)27(36)32(26(28)35)10-4-9-31-11-13-38-14-12-31/h3,5-8,15,25,30,34H,4,9-14,16H2,1-2H3/t25-,28+/m1/s1. The molecule has 2 fully saturated rings. The molecule has 9 nitrogen and oxygen atoms in total. The number of nitrogens with one attached hydrogen (secondary N) is 1. The van der Waals surface area contributed by atoms with Gasteiger partial charge in [0.2, 0.25) is 0 Å². The Bertz CT molecular complexity index is 1420. The van der Waals surface area contributed by atoms with Crippen LogP contribution in [0.2, 0.25) is 0 Å². The average Bonchev–Trinajstić information content (AvgIpc) is 3.36. The second-order valence-electron chi connectivity index (χ2n) is 10.4. The molecule has 0 radical (unpaired) electrons. The van der Waals surface area contributed by atoms with Crippen molar-refractivity contribution in [2.75, 3.05) is 46.5 Å². The lowest BCUT2D eigenvalue weighted by Gasteiger charge is -2.42. The molecular formula is C28H31FN4O5. The van der Waals surface area contributed by atoms with Crippen molar-refractivity contribution >= 4 is 22.8 Å². The van der Waals surface area contributed by atoms with E-state index in [4.69, 9.17) is 9.47 Å². The SMILES string of the molecule is COc1ccc2[nH]c3c(c2c1F)C[C@@]1(C)C(=O)N(CCCN2CCOCC2)C(=O)N1[C@@H]3c1cccc(O)c1. The molecule has 2 aromatic carbocycles. The number of aromatic nitrogens is 1. The number of amides is 3. The van der Waals surface area contributed by atoms with E-state index >= 15 is 4.39 Å². The predicted octanol–water partition coefficient (Wildman–Crippen LogP) is 3.41. The number of morpholine rings is 1. The summed E-state index contributed by atoms with van der Waals surface area (Å²) < 4.78 is 26.2. The van der Waals surface area contributed by atoms with Crippen molar-refractivity contribution in [1.82, 2.24) is 19.7 Å². The third-order valence-corrected chi connectivity index (χ3v) is 8.10. The van der Waals surface area contributed by atoms with Crippen molar-refractivity contribution in [3.63, 3.8) is 0 Å². The monoisotopic (exact) mass is 522 g/mol. The summed E-state index contributed by atoms with van der Waals surface area (Å²) in [6.45, 7) is 5.86. The van der Waals surface area contributed by atoms with Gasteiger partial charge in [-0.15, -0.1) is 0 Å². The maximum absolute atomic E-state index is 15.6. The van der Waals surface area contributed by atoms with E-state index in [1.165, 1.54) is 12.0 Å². The molecule has 2 saturated heterocycles. The molecule has 200 valence electrons. The number of methoxy groups -OCH3 is 1. The summed E-state index contributed by atoms with van der Waals surface area (Å²) in [6, 6.07) is 8.84. The Morgan fingerprint density at radius 1 is 1.18 bits per heavy atom. The Morgan fingerprint density at radius 3 is 2.71 bits per heavy atom. The molecule has 3 aromatic rings. The van der Waals surface area contributed by atoms with Crippen molar-refractivity contribution in [1.29, 1.82) is 0 Å². The van der Waals surface area contributed by atoms with Crippen LogP contribution in [0.4, 0.5) is 9.18 Å². The number of hydrogen-bond donors (Lipinski definition) is 2. The summed E-state index contributed by atoms with van der Waals surface area (Å²) in [4.78, 5) is 36.4. The number of phenolic OH excluding ortho intramolecular Hbond substituents is 1. The van der Waals surface area contributed by atoms with E-state index in [9.17, 15) is 14.7 Å². The fourth-order valence-electron chi connectivity index (χ4n) is 6.22. The van der Waals surface area contributed by atoms with Crippen LogP contribution in [-0.2, 0) is 16.0 Å². The lowest BCUT2D eigenvalue weighted by atomic mass is 9.81. The Hall–Kier alpha value is -3.63. The zero-order chi connectivity index (χ0) is 26.6. The minimum Gasteiger partial charge on any atom is -0.508 e.